The summed E-state index contributed by atoms with van der Waals surface area (Å²) < 4.78 is 0. The summed E-state index contributed by atoms with van der Waals surface area (Å²) in [7, 11) is 0. The van der Waals surface area contributed by atoms with Gasteiger partial charge in [-0.3, -0.25) is 4.79 Å². The molecule has 5 heteroatoms. The van der Waals surface area contributed by atoms with Crippen LogP contribution in [0.5, 0.6) is 0 Å². The summed E-state index contributed by atoms with van der Waals surface area (Å²) in [6, 6.07) is 0. The van der Waals surface area contributed by atoms with Crippen molar-refractivity contribution in [3.63, 3.8) is 0 Å². The molecule has 0 aromatic carbocycles. The fourth-order valence-corrected chi connectivity index (χ4v) is 1.04. The molecule has 86 valence electrons. The normalized spacial score (nSPS) is 19.5. The average molecular weight is 215 g/mol. The third kappa shape index (κ3) is 4.60. The molecule has 0 saturated carbocycles. The highest BCUT2D eigenvalue weighted by Gasteiger charge is 2.27. The molecule has 0 radical (unpaired) electrons. The number of aliphatic carboxylic acids is 1. The Labute approximate surface area is 89.0 Å². The van der Waals surface area contributed by atoms with Crippen molar-refractivity contribution < 1.29 is 19.8 Å². The van der Waals surface area contributed by atoms with E-state index in [1.54, 1.807) is 4.90 Å². The van der Waals surface area contributed by atoms with Crippen LogP contribution in [0.25, 0.3) is 0 Å². The Morgan fingerprint density at radius 1 is 1.67 bits per heavy atom. The molecule has 1 unspecified atom stereocenters. The predicted molar refractivity (Wildman–Crippen MR) is 55.3 cm³/mol. The van der Waals surface area contributed by atoms with E-state index in [0.29, 0.717) is 6.42 Å². The Balaban J connectivity index is 0.000000288. The number of carbonyl (C=O) groups is 2. The number of hydrogen-bond donors (Lipinski definition) is 2. The fraction of sp³-hybridized carbons (Fsp3) is 0.600. The second-order valence-corrected chi connectivity index (χ2v) is 3.31. The third-order valence-electron chi connectivity index (χ3n) is 2.02. The number of carboxylic acids is 1. The van der Waals surface area contributed by atoms with E-state index in [0.717, 1.165) is 13.1 Å². The lowest BCUT2D eigenvalue weighted by Crippen LogP contribution is -2.28. The number of likely N-dealkylation sites (N-methyl/N-ethyl adjacent to an activating group) is 1. The zero-order chi connectivity index (χ0) is 12.0. The molecule has 15 heavy (non-hydrogen) atoms. The largest absolute Gasteiger partial charge is 0.478 e. The van der Waals surface area contributed by atoms with Gasteiger partial charge in [-0.1, -0.05) is 6.58 Å². The van der Waals surface area contributed by atoms with Gasteiger partial charge in [-0.25, -0.2) is 4.79 Å². The third-order valence-corrected chi connectivity index (χ3v) is 2.02. The molecular formula is C10H17NO4. The van der Waals surface area contributed by atoms with Gasteiger partial charge in [0, 0.05) is 18.7 Å². The van der Waals surface area contributed by atoms with E-state index in [9.17, 15) is 9.59 Å². The van der Waals surface area contributed by atoms with Crippen molar-refractivity contribution in [2.24, 2.45) is 0 Å². The van der Waals surface area contributed by atoms with Gasteiger partial charge >= 0.3 is 5.97 Å². The first-order valence-corrected chi connectivity index (χ1v) is 4.75. The van der Waals surface area contributed by atoms with Crippen LogP contribution in [0.1, 0.15) is 20.3 Å². The van der Waals surface area contributed by atoms with Crippen molar-refractivity contribution in [3.05, 3.63) is 12.2 Å². The lowest BCUT2D eigenvalue weighted by atomic mass is 10.3. The van der Waals surface area contributed by atoms with Crippen LogP contribution in [-0.2, 0) is 9.59 Å². The smallest absolute Gasteiger partial charge is 0.330 e. The fourth-order valence-electron chi connectivity index (χ4n) is 1.04. The van der Waals surface area contributed by atoms with Crippen molar-refractivity contribution >= 4 is 11.9 Å². The van der Waals surface area contributed by atoms with Crippen LogP contribution in [0.2, 0.25) is 0 Å². The Morgan fingerprint density at radius 3 is 2.27 bits per heavy atom. The van der Waals surface area contributed by atoms with E-state index in [2.05, 4.69) is 6.58 Å². The molecule has 1 fully saturated rings. The van der Waals surface area contributed by atoms with Crippen LogP contribution in [-0.4, -0.2) is 46.2 Å². The van der Waals surface area contributed by atoms with Gasteiger partial charge in [0.15, 0.2) is 0 Å². The molecule has 0 aliphatic carbocycles. The molecular weight excluding hydrogens is 198 g/mol. The van der Waals surface area contributed by atoms with Gasteiger partial charge in [-0.05, 0) is 20.3 Å². The number of aliphatic hydroxyl groups excluding tert-OH is 1. The summed E-state index contributed by atoms with van der Waals surface area (Å²) in [5, 5.41) is 16.8. The summed E-state index contributed by atoms with van der Waals surface area (Å²) in [4.78, 5) is 22.1. The predicted octanol–water partition coefficient (Wildman–Crippen LogP) is 0.247. The van der Waals surface area contributed by atoms with Crippen LogP contribution in [0, 0.1) is 0 Å². The minimum absolute atomic E-state index is 0.113. The zero-order valence-corrected chi connectivity index (χ0v) is 9.06. The molecule has 0 aromatic heterocycles. The Hall–Kier alpha value is -1.36. The molecule has 5 nitrogen and oxygen atoms in total. The SMILES string of the molecule is C=C(C)C(=O)O.CCN1CCC(O)C1=O. The quantitative estimate of drug-likeness (QED) is 0.647. The molecule has 1 amide bonds. The number of aliphatic hydroxyl groups is 1. The maximum atomic E-state index is 10.8. The molecule has 1 aliphatic heterocycles. The molecule has 0 bridgehead atoms. The summed E-state index contributed by atoms with van der Waals surface area (Å²) in [6.07, 6.45) is -0.114. The first-order chi connectivity index (χ1) is 6.90. The van der Waals surface area contributed by atoms with Gasteiger partial charge in [-0.15, -0.1) is 0 Å². The second kappa shape index (κ2) is 6.19. The van der Waals surface area contributed by atoms with Crippen molar-refractivity contribution in [3.8, 4) is 0 Å². The topological polar surface area (TPSA) is 77.8 Å². The number of nitrogens with zero attached hydrogens (tertiary/aromatic N) is 1. The van der Waals surface area contributed by atoms with E-state index in [4.69, 9.17) is 10.2 Å². The highest BCUT2D eigenvalue weighted by molar-refractivity contribution is 5.84. The monoisotopic (exact) mass is 215 g/mol. The lowest BCUT2D eigenvalue weighted by Gasteiger charge is -2.10. The molecule has 0 aromatic rings. The standard InChI is InChI=1S/C6H11NO2.C4H6O2/c1-2-7-4-3-5(8)6(7)9;1-3(2)4(5)6/h5,8H,2-4H2,1H3;1H2,2H3,(H,5,6). The van der Waals surface area contributed by atoms with Gasteiger partial charge in [-0.2, -0.15) is 0 Å². The van der Waals surface area contributed by atoms with Crippen LogP contribution in [0.4, 0.5) is 0 Å². The van der Waals surface area contributed by atoms with Crippen LogP contribution in [0.3, 0.4) is 0 Å². The second-order valence-electron chi connectivity index (χ2n) is 3.31. The Kier molecular flexibility index (Phi) is 5.62. The molecule has 1 saturated heterocycles. The number of carbonyl (C=O) groups excluding carboxylic acids is 1. The van der Waals surface area contributed by atoms with Crippen molar-refractivity contribution in [1.82, 2.24) is 4.90 Å². The summed E-state index contributed by atoms with van der Waals surface area (Å²) in [5.74, 6) is -1.05. The lowest BCUT2D eigenvalue weighted by molar-refractivity contribution is -0.134. The van der Waals surface area contributed by atoms with Gasteiger partial charge in [0.25, 0.3) is 5.91 Å². The molecule has 0 spiro atoms. The van der Waals surface area contributed by atoms with E-state index in [-0.39, 0.29) is 11.5 Å². The number of carboxylic acid groups (broad SMARTS) is 1. The molecule has 1 heterocycles. The van der Waals surface area contributed by atoms with Crippen molar-refractivity contribution in [2.75, 3.05) is 13.1 Å². The van der Waals surface area contributed by atoms with Gasteiger partial charge in [0.1, 0.15) is 6.10 Å². The van der Waals surface area contributed by atoms with Crippen molar-refractivity contribution in [2.45, 2.75) is 26.4 Å². The molecule has 1 atom stereocenters. The first-order valence-electron chi connectivity index (χ1n) is 4.75. The van der Waals surface area contributed by atoms with Crippen molar-refractivity contribution in [1.29, 1.82) is 0 Å². The molecule has 2 N–H and O–H groups in total. The van der Waals surface area contributed by atoms with E-state index in [1.807, 2.05) is 6.92 Å². The van der Waals surface area contributed by atoms with E-state index >= 15 is 0 Å². The molecule has 1 aliphatic rings. The Bertz CT molecular complexity index is 250. The van der Waals surface area contributed by atoms with Crippen LogP contribution < -0.4 is 0 Å². The van der Waals surface area contributed by atoms with Gasteiger partial charge < -0.3 is 15.1 Å². The highest BCUT2D eigenvalue weighted by Crippen LogP contribution is 2.08. The zero-order valence-electron chi connectivity index (χ0n) is 9.06. The number of amides is 1. The first kappa shape index (κ1) is 13.6. The summed E-state index contributed by atoms with van der Waals surface area (Å²) in [6.45, 7) is 7.95. The Morgan fingerprint density at radius 2 is 2.13 bits per heavy atom. The number of rotatable bonds is 2. The minimum Gasteiger partial charge on any atom is -0.478 e. The number of likely N-dealkylation sites (tertiary alicyclic amines) is 1. The summed E-state index contributed by atoms with van der Waals surface area (Å²) in [5.41, 5.74) is 0.176. The van der Waals surface area contributed by atoms with Crippen LogP contribution >= 0.6 is 0 Å². The summed E-state index contributed by atoms with van der Waals surface area (Å²) >= 11 is 0. The van der Waals surface area contributed by atoms with E-state index in [1.165, 1.54) is 6.92 Å². The number of hydrogen-bond acceptors (Lipinski definition) is 3. The van der Waals surface area contributed by atoms with Gasteiger partial charge in [0.2, 0.25) is 0 Å². The maximum absolute atomic E-state index is 10.8. The van der Waals surface area contributed by atoms with Crippen LogP contribution in [0.15, 0.2) is 12.2 Å². The van der Waals surface area contributed by atoms with Gasteiger partial charge in [0.05, 0.1) is 0 Å². The molecule has 1 rings (SSSR count). The minimum atomic E-state index is -0.935. The van der Waals surface area contributed by atoms with E-state index < -0.39 is 12.1 Å². The highest BCUT2D eigenvalue weighted by atomic mass is 16.4. The maximum Gasteiger partial charge on any atom is 0.330 e. The average Bonchev–Trinajstić information content (AvgIpc) is 2.48.